The summed E-state index contributed by atoms with van der Waals surface area (Å²) >= 11 is 0. The van der Waals surface area contributed by atoms with Gasteiger partial charge < -0.3 is 15.5 Å². The average Bonchev–Trinajstić information content (AvgIpc) is 2.64. The van der Waals surface area contributed by atoms with Crippen LogP contribution in [0.25, 0.3) is 0 Å². The third kappa shape index (κ3) is 4.14. The van der Waals surface area contributed by atoms with Crippen molar-refractivity contribution in [1.29, 1.82) is 0 Å². The molecule has 2 N–H and O–H groups in total. The van der Waals surface area contributed by atoms with E-state index in [0.717, 1.165) is 50.5 Å². The van der Waals surface area contributed by atoms with Gasteiger partial charge in [-0.25, -0.2) is 9.97 Å². The van der Waals surface area contributed by atoms with Crippen molar-refractivity contribution in [3.05, 3.63) is 18.0 Å². The van der Waals surface area contributed by atoms with Gasteiger partial charge in [0, 0.05) is 38.1 Å². The van der Waals surface area contributed by atoms with Crippen LogP contribution in [-0.2, 0) is 6.42 Å². The molecular weight excluding hydrogens is 238 g/mol. The number of rotatable bonds is 4. The van der Waals surface area contributed by atoms with Crippen LogP contribution in [0.2, 0.25) is 0 Å². The Morgan fingerprint density at radius 3 is 2.63 bits per heavy atom. The molecule has 0 aliphatic carbocycles. The first kappa shape index (κ1) is 14.2. The van der Waals surface area contributed by atoms with E-state index in [9.17, 15) is 0 Å². The van der Waals surface area contributed by atoms with Crippen LogP contribution in [0, 0.1) is 0 Å². The van der Waals surface area contributed by atoms with Crippen molar-refractivity contribution in [3.8, 4) is 0 Å². The quantitative estimate of drug-likeness (QED) is 0.874. The van der Waals surface area contributed by atoms with E-state index in [0.29, 0.717) is 0 Å². The van der Waals surface area contributed by atoms with Gasteiger partial charge in [0.05, 0.1) is 0 Å². The van der Waals surface area contributed by atoms with E-state index in [-0.39, 0.29) is 6.04 Å². The Balaban J connectivity index is 1.97. The van der Waals surface area contributed by atoms with E-state index in [4.69, 9.17) is 5.73 Å². The monoisotopic (exact) mass is 263 g/mol. The highest BCUT2D eigenvalue weighted by Gasteiger charge is 2.14. The van der Waals surface area contributed by atoms with Gasteiger partial charge in [0.2, 0.25) is 5.95 Å². The molecule has 0 amide bonds. The molecular formula is C14H25N5. The normalized spacial score (nSPS) is 19.2. The molecule has 0 saturated carbocycles. The molecule has 1 aliphatic rings. The van der Waals surface area contributed by atoms with Gasteiger partial charge in [-0.15, -0.1) is 0 Å². The molecule has 5 nitrogen and oxygen atoms in total. The summed E-state index contributed by atoms with van der Waals surface area (Å²) in [7, 11) is 2.17. The molecule has 1 aromatic rings. The lowest BCUT2D eigenvalue weighted by atomic mass is 10.1. The van der Waals surface area contributed by atoms with E-state index in [1.54, 1.807) is 0 Å². The van der Waals surface area contributed by atoms with Gasteiger partial charge in [-0.1, -0.05) is 6.92 Å². The Bertz CT molecular complexity index is 378. The Hall–Kier alpha value is -1.20. The second-order valence-corrected chi connectivity index (χ2v) is 5.41. The van der Waals surface area contributed by atoms with Crippen molar-refractivity contribution in [2.75, 3.05) is 38.1 Å². The number of anilines is 1. The lowest BCUT2D eigenvalue weighted by Crippen LogP contribution is -2.30. The fourth-order valence-electron chi connectivity index (χ4n) is 2.31. The van der Waals surface area contributed by atoms with Crippen LogP contribution in [0.3, 0.4) is 0 Å². The highest BCUT2D eigenvalue weighted by Crippen LogP contribution is 2.11. The summed E-state index contributed by atoms with van der Waals surface area (Å²) in [6.45, 7) is 6.38. The Labute approximate surface area is 115 Å². The molecule has 2 heterocycles. The maximum atomic E-state index is 5.95. The van der Waals surface area contributed by atoms with Crippen LogP contribution < -0.4 is 10.6 Å². The molecule has 1 aromatic heterocycles. The molecule has 1 unspecified atom stereocenters. The fraction of sp³-hybridized carbons (Fsp3) is 0.714. The number of aromatic nitrogens is 2. The molecule has 1 saturated heterocycles. The molecule has 1 atom stereocenters. The Morgan fingerprint density at radius 2 is 1.95 bits per heavy atom. The minimum atomic E-state index is 0.210. The van der Waals surface area contributed by atoms with Crippen molar-refractivity contribution in [3.63, 3.8) is 0 Å². The molecule has 0 radical (unpaired) electrons. The average molecular weight is 263 g/mol. The number of hydrogen-bond acceptors (Lipinski definition) is 5. The first-order valence-corrected chi connectivity index (χ1v) is 7.19. The topological polar surface area (TPSA) is 58.3 Å². The Kier molecular flexibility index (Phi) is 5.10. The lowest BCUT2D eigenvalue weighted by Gasteiger charge is -2.20. The van der Waals surface area contributed by atoms with Gasteiger partial charge in [0.25, 0.3) is 0 Å². The van der Waals surface area contributed by atoms with Crippen molar-refractivity contribution < 1.29 is 0 Å². The maximum absolute atomic E-state index is 5.95. The van der Waals surface area contributed by atoms with Crippen LogP contribution in [0.5, 0.6) is 0 Å². The molecule has 2 rings (SSSR count). The second kappa shape index (κ2) is 6.82. The van der Waals surface area contributed by atoms with Gasteiger partial charge in [0.1, 0.15) is 0 Å². The molecule has 0 bridgehead atoms. The third-order valence-corrected chi connectivity index (χ3v) is 3.72. The Morgan fingerprint density at radius 1 is 1.21 bits per heavy atom. The maximum Gasteiger partial charge on any atom is 0.225 e. The van der Waals surface area contributed by atoms with Crippen molar-refractivity contribution in [1.82, 2.24) is 14.9 Å². The number of likely N-dealkylation sites (N-methyl/N-ethyl adjacent to an activating group) is 1. The van der Waals surface area contributed by atoms with Gasteiger partial charge in [-0.05, 0) is 38.4 Å². The SMILES string of the molecule is CCC(N)Cc1cnc(N2CCCN(C)CC2)nc1. The summed E-state index contributed by atoms with van der Waals surface area (Å²) in [4.78, 5) is 13.6. The summed E-state index contributed by atoms with van der Waals surface area (Å²) in [5, 5.41) is 0. The largest absolute Gasteiger partial charge is 0.339 e. The van der Waals surface area contributed by atoms with E-state index in [1.807, 2.05) is 12.4 Å². The van der Waals surface area contributed by atoms with Gasteiger partial charge in [-0.3, -0.25) is 0 Å². The lowest BCUT2D eigenvalue weighted by molar-refractivity contribution is 0.360. The summed E-state index contributed by atoms with van der Waals surface area (Å²) in [5.74, 6) is 0.851. The number of nitrogens with zero attached hydrogens (tertiary/aromatic N) is 4. The molecule has 0 spiro atoms. The van der Waals surface area contributed by atoms with Crippen LogP contribution in [-0.4, -0.2) is 54.1 Å². The molecule has 5 heteroatoms. The van der Waals surface area contributed by atoms with Gasteiger partial charge in [0.15, 0.2) is 0 Å². The number of hydrogen-bond donors (Lipinski definition) is 1. The van der Waals surface area contributed by atoms with Crippen molar-refractivity contribution in [2.24, 2.45) is 5.73 Å². The van der Waals surface area contributed by atoms with Crippen LogP contribution >= 0.6 is 0 Å². The second-order valence-electron chi connectivity index (χ2n) is 5.41. The zero-order valence-corrected chi connectivity index (χ0v) is 12.0. The molecule has 19 heavy (non-hydrogen) atoms. The first-order chi connectivity index (χ1) is 9.19. The fourth-order valence-corrected chi connectivity index (χ4v) is 2.31. The minimum Gasteiger partial charge on any atom is -0.339 e. The molecule has 1 aliphatic heterocycles. The highest BCUT2D eigenvalue weighted by molar-refractivity contribution is 5.30. The third-order valence-electron chi connectivity index (χ3n) is 3.72. The van der Waals surface area contributed by atoms with Crippen LogP contribution in [0.1, 0.15) is 25.3 Å². The highest BCUT2D eigenvalue weighted by atomic mass is 15.3. The standard InChI is InChI=1S/C14H25N5/c1-3-13(15)9-12-10-16-14(17-11-12)19-6-4-5-18(2)7-8-19/h10-11,13H,3-9,15H2,1-2H3. The summed E-state index contributed by atoms with van der Waals surface area (Å²) in [6, 6.07) is 0.210. The molecule has 0 aromatic carbocycles. The van der Waals surface area contributed by atoms with Gasteiger partial charge >= 0.3 is 0 Å². The summed E-state index contributed by atoms with van der Waals surface area (Å²) in [5.41, 5.74) is 7.08. The summed E-state index contributed by atoms with van der Waals surface area (Å²) in [6.07, 6.45) is 6.86. The predicted octanol–water partition coefficient (Wildman–Crippen LogP) is 0.898. The van der Waals surface area contributed by atoms with E-state index >= 15 is 0 Å². The van der Waals surface area contributed by atoms with Crippen LogP contribution in [0.15, 0.2) is 12.4 Å². The summed E-state index contributed by atoms with van der Waals surface area (Å²) < 4.78 is 0. The van der Waals surface area contributed by atoms with E-state index < -0.39 is 0 Å². The zero-order valence-electron chi connectivity index (χ0n) is 12.0. The molecule has 106 valence electrons. The zero-order chi connectivity index (χ0) is 13.7. The van der Waals surface area contributed by atoms with E-state index in [2.05, 4.69) is 33.7 Å². The first-order valence-electron chi connectivity index (χ1n) is 7.19. The van der Waals surface area contributed by atoms with Crippen LogP contribution in [0.4, 0.5) is 5.95 Å². The van der Waals surface area contributed by atoms with Crippen molar-refractivity contribution >= 4 is 5.95 Å². The smallest absolute Gasteiger partial charge is 0.225 e. The predicted molar refractivity (Wildman–Crippen MR) is 78.3 cm³/mol. The minimum absolute atomic E-state index is 0.210. The van der Waals surface area contributed by atoms with Crippen molar-refractivity contribution in [2.45, 2.75) is 32.2 Å². The molecule has 1 fully saturated rings. The van der Waals surface area contributed by atoms with Gasteiger partial charge in [-0.2, -0.15) is 0 Å². The van der Waals surface area contributed by atoms with E-state index in [1.165, 1.54) is 6.42 Å². The number of nitrogens with two attached hydrogens (primary N) is 1.